The van der Waals surface area contributed by atoms with Crippen molar-refractivity contribution in [2.45, 2.75) is 6.54 Å². The van der Waals surface area contributed by atoms with E-state index in [9.17, 15) is 9.59 Å². The largest absolute Gasteiger partial charge is 0.478 e. The van der Waals surface area contributed by atoms with E-state index in [0.29, 0.717) is 16.7 Å². The fraction of sp³-hybridized carbons (Fsp3) is 0.154. The molecule has 2 aromatic rings. The van der Waals surface area contributed by atoms with Gasteiger partial charge in [0.2, 0.25) is 0 Å². The number of nitrogens with one attached hydrogen (secondary N) is 2. The molecule has 8 heteroatoms. The van der Waals surface area contributed by atoms with Crippen LogP contribution in [0.3, 0.4) is 0 Å². The van der Waals surface area contributed by atoms with Crippen molar-refractivity contribution in [3.05, 3.63) is 46.2 Å². The predicted octanol–water partition coefficient (Wildman–Crippen LogP) is 2.20. The Morgan fingerprint density at radius 1 is 1.43 bits per heavy atom. The average Bonchev–Trinajstić information content (AvgIpc) is 2.84. The molecular weight excluding hydrogens is 340 g/mol. The molecule has 0 atom stereocenters. The third kappa shape index (κ3) is 4.06. The SMILES string of the molecule is Cn1cc(CNC(=O)Nc2cc(C(=O)O)ccc2Br)cn1. The summed E-state index contributed by atoms with van der Waals surface area (Å²) < 4.78 is 2.24. The van der Waals surface area contributed by atoms with Crippen LogP contribution in [0.2, 0.25) is 0 Å². The van der Waals surface area contributed by atoms with Crippen LogP contribution in [-0.2, 0) is 13.6 Å². The van der Waals surface area contributed by atoms with E-state index in [1.807, 2.05) is 0 Å². The standard InChI is InChI=1S/C13H13BrN4O3/c1-18-7-8(6-16-18)5-15-13(21)17-11-4-9(12(19)20)2-3-10(11)14/h2-4,6-7H,5H2,1H3,(H,19,20)(H2,15,17,21). The Labute approximate surface area is 129 Å². The molecule has 2 rings (SSSR count). The second kappa shape index (κ2) is 6.40. The van der Waals surface area contributed by atoms with Crippen molar-refractivity contribution >= 4 is 33.6 Å². The minimum Gasteiger partial charge on any atom is -0.478 e. The summed E-state index contributed by atoms with van der Waals surface area (Å²) in [5.74, 6) is -1.05. The first kappa shape index (κ1) is 15.0. The Kier molecular flexibility index (Phi) is 4.59. The number of nitrogens with zero attached hydrogens (tertiary/aromatic N) is 2. The topological polar surface area (TPSA) is 96.2 Å². The summed E-state index contributed by atoms with van der Waals surface area (Å²) in [6, 6.07) is 3.98. The molecule has 0 spiro atoms. The Hall–Kier alpha value is -2.35. The van der Waals surface area contributed by atoms with Gasteiger partial charge in [-0.25, -0.2) is 9.59 Å². The van der Waals surface area contributed by atoms with Gasteiger partial charge in [0.25, 0.3) is 0 Å². The molecule has 0 unspecified atom stereocenters. The number of carbonyl (C=O) groups is 2. The highest BCUT2D eigenvalue weighted by molar-refractivity contribution is 9.10. The number of aromatic nitrogens is 2. The van der Waals surface area contributed by atoms with E-state index in [-0.39, 0.29) is 5.56 Å². The number of benzene rings is 1. The number of aromatic carboxylic acids is 1. The molecule has 3 N–H and O–H groups in total. The summed E-state index contributed by atoms with van der Waals surface area (Å²) in [6.07, 6.45) is 3.45. The highest BCUT2D eigenvalue weighted by Crippen LogP contribution is 2.23. The van der Waals surface area contributed by atoms with Gasteiger partial charge in [0.15, 0.2) is 0 Å². The number of carboxylic acids is 1. The van der Waals surface area contributed by atoms with Gasteiger partial charge in [0.05, 0.1) is 17.4 Å². The van der Waals surface area contributed by atoms with Crippen molar-refractivity contribution in [1.82, 2.24) is 15.1 Å². The van der Waals surface area contributed by atoms with Crippen molar-refractivity contribution in [2.75, 3.05) is 5.32 Å². The first-order chi connectivity index (χ1) is 9.95. The number of amides is 2. The van der Waals surface area contributed by atoms with Gasteiger partial charge in [-0.2, -0.15) is 5.10 Å². The smallest absolute Gasteiger partial charge is 0.335 e. The zero-order valence-corrected chi connectivity index (χ0v) is 12.7. The van der Waals surface area contributed by atoms with Gasteiger partial charge in [0.1, 0.15) is 0 Å². The van der Waals surface area contributed by atoms with Crippen LogP contribution in [0, 0.1) is 0 Å². The maximum atomic E-state index is 11.8. The monoisotopic (exact) mass is 352 g/mol. The predicted molar refractivity (Wildman–Crippen MR) is 80.2 cm³/mol. The van der Waals surface area contributed by atoms with E-state index in [1.54, 1.807) is 30.2 Å². The van der Waals surface area contributed by atoms with Crippen molar-refractivity contribution in [3.8, 4) is 0 Å². The van der Waals surface area contributed by atoms with Crippen molar-refractivity contribution < 1.29 is 14.7 Å². The van der Waals surface area contributed by atoms with E-state index in [4.69, 9.17) is 5.11 Å². The summed E-state index contributed by atoms with van der Waals surface area (Å²) >= 11 is 3.26. The van der Waals surface area contributed by atoms with Gasteiger partial charge in [-0.1, -0.05) is 0 Å². The molecule has 0 bridgehead atoms. The molecular formula is C13H13BrN4O3. The van der Waals surface area contributed by atoms with E-state index >= 15 is 0 Å². The molecule has 0 saturated carbocycles. The van der Waals surface area contributed by atoms with Crippen molar-refractivity contribution in [1.29, 1.82) is 0 Å². The van der Waals surface area contributed by atoms with E-state index in [1.165, 1.54) is 12.1 Å². The second-order valence-corrected chi connectivity index (χ2v) is 5.18. The highest BCUT2D eigenvalue weighted by Gasteiger charge is 2.09. The quantitative estimate of drug-likeness (QED) is 0.785. The number of rotatable bonds is 4. The van der Waals surface area contributed by atoms with Crippen LogP contribution in [-0.4, -0.2) is 26.9 Å². The lowest BCUT2D eigenvalue weighted by Crippen LogP contribution is -2.28. The molecule has 7 nitrogen and oxygen atoms in total. The summed E-state index contributed by atoms with van der Waals surface area (Å²) in [4.78, 5) is 22.7. The summed E-state index contributed by atoms with van der Waals surface area (Å²) in [7, 11) is 1.79. The lowest BCUT2D eigenvalue weighted by atomic mass is 10.2. The van der Waals surface area contributed by atoms with E-state index < -0.39 is 12.0 Å². The number of aryl methyl sites for hydroxylation is 1. The lowest BCUT2D eigenvalue weighted by molar-refractivity contribution is 0.0697. The van der Waals surface area contributed by atoms with Crippen LogP contribution in [0.5, 0.6) is 0 Å². The maximum Gasteiger partial charge on any atom is 0.335 e. The maximum absolute atomic E-state index is 11.8. The van der Waals surface area contributed by atoms with Crippen LogP contribution >= 0.6 is 15.9 Å². The first-order valence-electron chi connectivity index (χ1n) is 6.01. The minimum atomic E-state index is -1.05. The summed E-state index contributed by atoms with van der Waals surface area (Å²) in [5.41, 5.74) is 1.35. The second-order valence-electron chi connectivity index (χ2n) is 4.33. The third-order valence-electron chi connectivity index (χ3n) is 2.67. The van der Waals surface area contributed by atoms with Crippen LogP contribution in [0.4, 0.5) is 10.5 Å². The number of hydrogen-bond donors (Lipinski definition) is 3. The normalized spacial score (nSPS) is 10.2. The van der Waals surface area contributed by atoms with Gasteiger partial charge in [-0.15, -0.1) is 0 Å². The number of carbonyl (C=O) groups excluding carboxylic acids is 1. The first-order valence-corrected chi connectivity index (χ1v) is 6.80. The molecule has 0 aliphatic heterocycles. The molecule has 2 amide bonds. The van der Waals surface area contributed by atoms with Gasteiger partial charge >= 0.3 is 12.0 Å². The van der Waals surface area contributed by atoms with Crippen LogP contribution in [0.25, 0.3) is 0 Å². The number of urea groups is 1. The number of carboxylic acid groups (broad SMARTS) is 1. The Morgan fingerprint density at radius 2 is 2.19 bits per heavy atom. The molecule has 21 heavy (non-hydrogen) atoms. The molecule has 110 valence electrons. The minimum absolute atomic E-state index is 0.0979. The van der Waals surface area contributed by atoms with E-state index in [0.717, 1.165) is 5.56 Å². The molecule has 1 aromatic heterocycles. The fourth-order valence-corrected chi connectivity index (χ4v) is 2.01. The number of halogens is 1. The van der Waals surface area contributed by atoms with Crippen LogP contribution in [0.15, 0.2) is 35.1 Å². The molecule has 0 saturated heterocycles. The fourth-order valence-electron chi connectivity index (χ4n) is 1.67. The zero-order chi connectivity index (χ0) is 15.4. The van der Waals surface area contributed by atoms with Crippen LogP contribution < -0.4 is 10.6 Å². The molecule has 1 heterocycles. The molecule has 0 aliphatic rings. The summed E-state index contributed by atoms with van der Waals surface area (Å²) in [6.45, 7) is 0.329. The van der Waals surface area contributed by atoms with Crippen molar-refractivity contribution in [2.24, 2.45) is 7.05 Å². The number of hydrogen-bond acceptors (Lipinski definition) is 3. The zero-order valence-electron chi connectivity index (χ0n) is 11.1. The summed E-state index contributed by atoms with van der Waals surface area (Å²) in [5, 5.41) is 18.2. The van der Waals surface area contributed by atoms with Gasteiger partial charge in [-0.3, -0.25) is 4.68 Å². The Balaban J connectivity index is 1.99. The van der Waals surface area contributed by atoms with Gasteiger partial charge in [0, 0.05) is 29.8 Å². The molecule has 0 aliphatic carbocycles. The highest BCUT2D eigenvalue weighted by atomic mass is 79.9. The van der Waals surface area contributed by atoms with Gasteiger partial charge in [-0.05, 0) is 34.1 Å². The Bertz CT molecular complexity index is 684. The molecule has 0 fully saturated rings. The Morgan fingerprint density at radius 3 is 2.81 bits per heavy atom. The average molecular weight is 353 g/mol. The van der Waals surface area contributed by atoms with E-state index in [2.05, 4.69) is 31.7 Å². The molecule has 0 radical (unpaired) electrons. The third-order valence-corrected chi connectivity index (χ3v) is 3.36. The lowest BCUT2D eigenvalue weighted by Gasteiger charge is -2.09. The van der Waals surface area contributed by atoms with Crippen LogP contribution in [0.1, 0.15) is 15.9 Å². The molecule has 1 aromatic carbocycles. The van der Waals surface area contributed by atoms with Crippen molar-refractivity contribution in [3.63, 3.8) is 0 Å². The number of anilines is 1. The van der Waals surface area contributed by atoms with Gasteiger partial charge < -0.3 is 15.7 Å².